The van der Waals surface area contributed by atoms with Crippen LogP contribution in [0.25, 0.3) is 0 Å². The first kappa shape index (κ1) is 25.3. The third-order valence-corrected chi connectivity index (χ3v) is 7.61. The van der Waals surface area contributed by atoms with Gasteiger partial charge in [-0.2, -0.15) is 0 Å². The summed E-state index contributed by atoms with van der Waals surface area (Å²) in [7, 11) is 0. The average molecular weight is 530 g/mol. The van der Waals surface area contributed by atoms with Gasteiger partial charge < -0.3 is 19.7 Å². The monoisotopic (exact) mass is 529 g/mol. The molecule has 2 fully saturated rings. The molecule has 10 heteroatoms. The Kier molecular flexibility index (Phi) is 7.50. The summed E-state index contributed by atoms with van der Waals surface area (Å²) in [6.07, 6.45) is 3.88. The lowest BCUT2D eigenvalue weighted by Crippen LogP contribution is -2.62. The van der Waals surface area contributed by atoms with Crippen molar-refractivity contribution in [2.45, 2.75) is 57.7 Å². The van der Waals surface area contributed by atoms with Crippen LogP contribution in [0.1, 0.15) is 49.7 Å². The summed E-state index contributed by atoms with van der Waals surface area (Å²) >= 11 is 6.24. The molecule has 2 heterocycles. The van der Waals surface area contributed by atoms with E-state index >= 15 is 0 Å². The molecule has 4 amide bonds. The quantitative estimate of drug-likeness (QED) is 0.539. The molecule has 2 aromatic carbocycles. The molecule has 2 aliphatic heterocycles. The van der Waals surface area contributed by atoms with Crippen LogP contribution >= 0.6 is 11.6 Å². The lowest BCUT2D eigenvalue weighted by atomic mass is 9.81. The van der Waals surface area contributed by atoms with Crippen LogP contribution in [0.15, 0.2) is 36.4 Å². The van der Waals surface area contributed by atoms with Crippen LogP contribution in [0, 0.1) is 11.7 Å². The minimum Gasteiger partial charge on any atom is -0.454 e. The van der Waals surface area contributed by atoms with E-state index in [1.165, 1.54) is 17.0 Å². The average Bonchev–Trinajstić information content (AvgIpc) is 3.36. The number of urea groups is 1. The van der Waals surface area contributed by atoms with Gasteiger partial charge in [0.15, 0.2) is 11.5 Å². The number of rotatable bonds is 8. The number of benzene rings is 2. The summed E-state index contributed by atoms with van der Waals surface area (Å²) in [5.41, 5.74) is 1.52. The summed E-state index contributed by atoms with van der Waals surface area (Å²) in [6.45, 7) is 0.896. The SMILES string of the molecule is O=C(CCCN1C(=O)C2CCCCC2N(Cc2ccc(F)cc2Cl)C1=O)NCc1ccc2c(c1)OCO2. The summed E-state index contributed by atoms with van der Waals surface area (Å²) in [5, 5.41) is 3.12. The van der Waals surface area contributed by atoms with Gasteiger partial charge in [0, 0.05) is 37.1 Å². The van der Waals surface area contributed by atoms with Gasteiger partial charge in [-0.25, -0.2) is 9.18 Å². The van der Waals surface area contributed by atoms with Gasteiger partial charge in [0.2, 0.25) is 18.6 Å². The number of ether oxygens (including phenoxy) is 2. The number of nitrogens with zero attached hydrogens (tertiary/aromatic N) is 2. The molecule has 5 rings (SSSR count). The van der Waals surface area contributed by atoms with E-state index in [0.717, 1.165) is 31.2 Å². The minimum atomic E-state index is -0.442. The number of carbonyl (C=O) groups is 3. The fourth-order valence-corrected chi connectivity index (χ4v) is 5.55. The number of amides is 4. The molecule has 1 N–H and O–H groups in total. The molecule has 0 aromatic heterocycles. The highest BCUT2D eigenvalue weighted by atomic mass is 35.5. The number of hydrogen-bond acceptors (Lipinski definition) is 5. The van der Waals surface area contributed by atoms with Crippen LogP contribution in [0.5, 0.6) is 11.5 Å². The lowest BCUT2D eigenvalue weighted by Gasteiger charge is -2.47. The Morgan fingerprint density at radius 1 is 1.08 bits per heavy atom. The van der Waals surface area contributed by atoms with Crippen molar-refractivity contribution in [1.82, 2.24) is 15.1 Å². The Balaban J connectivity index is 1.19. The number of imide groups is 1. The minimum absolute atomic E-state index is 0.159. The maximum absolute atomic E-state index is 13.5. The molecule has 2 unspecified atom stereocenters. The second-order valence-corrected chi connectivity index (χ2v) is 10.1. The van der Waals surface area contributed by atoms with E-state index in [1.54, 1.807) is 17.0 Å². The van der Waals surface area contributed by atoms with Crippen molar-refractivity contribution >= 4 is 29.4 Å². The lowest BCUT2D eigenvalue weighted by molar-refractivity contribution is -0.141. The Hall–Kier alpha value is -3.33. The van der Waals surface area contributed by atoms with Crippen molar-refractivity contribution in [2.75, 3.05) is 13.3 Å². The maximum Gasteiger partial charge on any atom is 0.327 e. The van der Waals surface area contributed by atoms with E-state index in [2.05, 4.69) is 5.32 Å². The fraction of sp³-hybridized carbons (Fsp3) is 0.444. The summed E-state index contributed by atoms with van der Waals surface area (Å²) in [6, 6.07) is 9.05. The van der Waals surface area contributed by atoms with Crippen LogP contribution < -0.4 is 14.8 Å². The first-order valence-corrected chi connectivity index (χ1v) is 13.0. The summed E-state index contributed by atoms with van der Waals surface area (Å²) in [4.78, 5) is 42.1. The molecule has 2 aromatic rings. The molecule has 1 aliphatic carbocycles. The van der Waals surface area contributed by atoms with Gasteiger partial charge in [-0.15, -0.1) is 0 Å². The normalized spacial score (nSPS) is 20.7. The van der Waals surface area contributed by atoms with Crippen molar-refractivity contribution in [2.24, 2.45) is 5.92 Å². The van der Waals surface area contributed by atoms with Crippen LogP contribution in [0.4, 0.5) is 9.18 Å². The zero-order chi connectivity index (χ0) is 25.9. The highest BCUT2D eigenvalue weighted by Crippen LogP contribution is 2.36. The maximum atomic E-state index is 13.5. The van der Waals surface area contributed by atoms with Gasteiger partial charge in [0.1, 0.15) is 5.82 Å². The molecule has 3 aliphatic rings. The Morgan fingerprint density at radius 2 is 1.89 bits per heavy atom. The number of hydrogen-bond donors (Lipinski definition) is 1. The van der Waals surface area contributed by atoms with Crippen molar-refractivity contribution < 1.29 is 28.2 Å². The van der Waals surface area contributed by atoms with Crippen LogP contribution in [-0.2, 0) is 22.7 Å². The Labute approximate surface area is 219 Å². The number of halogens is 2. The van der Waals surface area contributed by atoms with Gasteiger partial charge in [0.25, 0.3) is 0 Å². The van der Waals surface area contributed by atoms with E-state index in [-0.39, 0.29) is 61.1 Å². The predicted molar refractivity (Wildman–Crippen MR) is 133 cm³/mol. The van der Waals surface area contributed by atoms with Crippen molar-refractivity contribution in [3.63, 3.8) is 0 Å². The molecule has 0 spiro atoms. The van der Waals surface area contributed by atoms with E-state index in [1.807, 2.05) is 12.1 Å². The van der Waals surface area contributed by atoms with E-state index < -0.39 is 5.82 Å². The molecule has 1 saturated heterocycles. The molecule has 37 heavy (non-hydrogen) atoms. The molecule has 1 saturated carbocycles. The first-order chi connectivity index (χ1) is 17.9. The van der Waals surface area contributed by atoms with Crippen molar-refractivity contribution in [3.05, 3.63) is 58.4 Å². The van der Waals surface area contributed by atoms with E-state index in [9.17, 15) is 18.8 Å². The molecule has 0 radical (unpaired) electrons. The largest absolute Gasteiger partial charge is 0.454 e. The van der Waals surface area contributed by atoms with Gasteiger partial charge in [-0.3, -0.25) is 14.5 Å². The van der Waals surface area contributed by atoms with Gasteiger partial charge in [-0.05, 0) is 54.7 Å². The highest BCUT2D eigenvalue weighted by molar-refractivity contribution is 6.31. The molecule has 8 nitrogen and oxygen atoms in total. The van der Waals surface area contributed by atoms with Crippen LogP contribution in [0.3, 0.4) is 0 Å². The van der Waals surface area contributed by atoms with Crippen molar-refractivity contribution in [1.29, 1.82) is 0 Å². The van der Waals surface area contributed by atoms with Crippen molar-refractivity contribution in [3.8, 4) is 11.5 Å². The molecule has 2 atom stereocenters. The van der Waals surface area contributed by atoms with Crippen LogP contribution in [-0.4, -0.2) is 47.0 Å². The van der Waals surface area contributed by atoms with Gasteiger partial charge >= 0.3 is 6.03 Å². The fourth-order valence-electron chi connectivity index (χ4n) is 5.33. The third-order valence-electron chi connectivity index (χ3n) is 7.26. The zero-order valence-electron chi connectivity index (χ0n) is 20.4. The van der Waals surface area contributed by atoms with E-state index in [4.69, 9.17) is 21.1 Å². The second kappa shape index (κ2) is 11.0. The number of nitrogens with one attached hydrogen (secondary N) is 1. The van der Waals surface area contributed by atoms with Gasteiger partial charge in [-0.1, -0.05) is 36.6 Å². The number of fused-ring (bicyclic) bond motifs is 2. The first-order valence-electron chi connectivity index (χ1n) is 12.6. The zero-order valence-corrected chi connectivity index (χ0v) is 21.1. The Bertz CT molecular complexity index is 1210. The van der Waals surface area contributed by atoms with Gasteiger partial charge in [0.05, 0.1) is 5.92 Å². The molecule has 196 valence electrons. The van der Waals surface area contributed by atoms with Crippen LogP contribution in [0.2, 0.25) is 5.02 Å². The Morgan fingerprint density at radius 3 is 2.73 bits per heavy atom. The number of carbonyl (C=O) groups excluding carboxylic acids is 3. The molecule has 0 bridgehead atoms. The second-order valence-electron chi connectivity index (χ2n) is 9.66. The standard InChI is InChI=1S/C27H29ClFN3O5/c28-21-13-19(29)9-8-18(21)15-32-22-5-2-1-4-20(22)26(34)31(27(32)35)11-3-6-25(33)30-14-17-7-10-23-24(12-17)37-16-36-23/h7-10,12-13,20,22H,1-6,11,14-16H2,(H,30,33). The topological polar surface area (TPSA) is 88.2 Å². The summed E-state index contributed by atoms with van der Waals surface area (Å²) in [5.74, 6) is 0.286. The smallest absolute Gasteiger partial charge is 0.327 e. The summed E-state index contributed by atoms with van der Waals surface area (Å²) < 4.78 is 24.2. The highest BCUT2D eigenvalue weighted by Gasteiger charge is 2.46. The molecular formula is C27H29ClFN3O5. The van der Waals surface area contributed by atoms with E-state index in [0.29, 0.717) is 30.0 Å². The predicted octanol–water partition coefficient (Wildman–Crippen LogP) is 4.63. The third kappa shape index (κ3) is 5.51. The molecular weight excluding hydrogens is 501 g/mol.